The molecule has 0 saturated carbocycles. The fraction of sp³-hybridized carbons (Fsp3) is 0.556. The zero-order valence-electron chi connectivity index (χ0n) is 8.91. The number of rotatable bonds is 4. The van der Waals surface area contributed by atoms with Crippen LogP contribution in [0.15, 0.2) is 5.57 Å². The van der Waals surface area contributed by atoms with Crippen LogP contribution in [0.4, 0.5) is 26.3 Å². The van der Waals surface area contributed by atoms with E-state index >= 15 is 0 Å². The molecule has 0 aliphatic heterocycles. The average molecular weight is 273 g/mol. The number of alkyl halides is 6. The van der Waals surface area contributed by atoms with Crippen molar-refractivity contribution in [2.24, 2.45) is 5.41 Å². The van der Waals surface area contributed by atoms with Crippen molar-refractivity contribution in [1.82, 2.24) is 0 Å². The molecule has 0 saturated heterocycles. The highest BCUT2D eigenvalue weighted by Crippen LogP contribution is 2.51. The Hall–Kier alpha value is -1.65. The molecule has 0 rings (SSSR count). The van der Waals surface area contributed by atoms with Gasteiger partial charge >= 0.3 is 12.4 Å². The highest BCUT2D eigenvalue weighted by Gasteiger charge is 2.67. The Balaban J connectivity index is 5.91. The molecule has 0 aliphatic rings. The van der Waals surface area contributed by atoms with Gasteiger partial charge in [0.15, 0.2) is 6.42 Å². The van der Waals surface area contributed by atoms with E-state index in [9.17, 15) is 26.3 Å². The molecule has 0 bridgehead atoms. The first kappa shape index (κ1) is 16.4. The van der Waals surface area contributed by atoms with E-state index < -0.39 is 29.8 Å². The minimum Gasteiger partial charge on any atom is -0.258 e. The third-order valence-electron chi connectivity index (χ3n) is 2.07. The molecule has 100 valence electrons. The Bertz CT molecular complexity index is 387. The molecule has 0 amide bonds. The van der Waals surface area contributed by atoms with Crippen molar-refractivity contribution in [3.63, 3.8) is 0 Å². The second-order valence-electron chi connectivity index (χ2n) is 3.12. The van der Waals surface area contributed by atoms with Crippen molar-refractivity contribution in [3.8, 4) is 6.07 Å². The normalized spacial score (nSPS) is 15.2. The standard InChI is InChI=1S/C9H7F6N2O/c1-18-3-2-7(5-17,9(13,14)15)6(4-16)8(10,11)12/h3,16H,2H2,1H3/q+1/t7-/m1/s1. The molecular formula is C9H7F6N2O+. The van der Waals surface area contributed by atoms with E-state index in [1.807, 2.05) is 0 Å². The summed E-state index contributed by atoms with van der Waals surface area (Å²) in [7, 11) is 0.930. The van der Waals surface area contributed by atoms with Gasteiger partial charge in [0.05, 0.1) is 13.2 Å². The fourth-order valence-electron chi connectivity index (χ4n) is 1.15. The van der Waals surface area contributed by atoms with Gasteiger partial charge in [-0.2, -0.15) is 36.3 Å². The molecule has 0 aliphatic carbocycles. The quantitative estimate of drug-likeness (QED) is 0.486. The van der Waals surface area contributed by atoms with Crippen LogP contribution in [-0.2, 0) is 4.74 Å². The summed E-state index contributed by atoms with van der Waals surface area (Å²) in [5.41, 5.74) is -6.30. The lowest BCUT2D eigenvalue weighted by molar-refractivity contribution is -0.211. The number of nitrogens with one attached hydrogen (secondary N) is 1. The highest BCUT2D eigenvalue weighted by molar-refractivity contribution is 5.61. The number of allylic oxidation sites excluding steroid dienone is 1. The van der Waals surface area contributed by atoms with Crippen LogP contribution in [-0.4, -0.2) is 25.3 Å². The molecule has 0 spiro atoms. The number of nitriles is 1. The molecule has 9 heteroatoms. The molecular weight excluding hydrogens is 266 g/mol. The number of ether oxygens (including phenoxy) is 1. The Labute approximate surface area is 98.2 Å². The summed E-state index contributed by atoms with van der Waals surface area (Å²) in [6, 6.07) is 0.572. The molecule has 0 aromatic carbocycles. The van der Waals surface area contributed by atoms with Crippen molar-refractivity contribution in [2.45, 2.75) is 18.8 Å². The van der Waals surface area contributed by atoms with Gasteiger partial charge in [0, 0.05) is 0 Å². The zero-order chi connectivity index (χ0) is 14.6. The van der Waals surface area contributed by atoms with Gasteiger partial charge < -0.3 is 0 Å². The maximum absolute atomic E-state index is 12.7. The first-order valence-corrected chi connectivity index (χ1v) is 4.26. The maximum atomic E-state index is 12.7. The van der Waals surface area contributed by atoms with E-state index in [1.165, 1.54) is 0 Å². The molecule has 1 atom stereocenters. The molecule has 1 N–H and O–H groups in total. The second kappa shape index (κ2) is 5.33. The summed E-state index contributed by atoms with van der Waals surface area (Å²) in [4.78, 5) is 0. The molecule has 0 aromatic rings. The number of halogens is 6. The number of hydrogen-bond donors (Lipinski definition) is 1. The van der Waals surface area contributed by atoms with Gasteiger partial charge in [0.2, 0.25) is 12.0 Å². The lowest BCUT2D eigenvalue weighted by Crippen LogP contribution is -2.43. The van der Waals surface area contributed by atoms with Crippen LogP contribution >= 0.6 is 0 Å². The first-order chi connectivity index (χ1) is 8.06. The zero-order valence-corrected chi connectivity index (χ0v) is 8.91. The van der Waals surface area contributed by atoms with Crippen LogP contribution in [0.2, 0.25) is 0 Å². The SMILES string of the molecule is CO[CH+]C[C@@](C#N)(C(=C=N)C(F)(F)F)C(F)(F)F. The van der Waals surface area contributed by atoms with Crippen LogP contribution in [0.25, 0.3) is 0 Å². The molecule has 0 radical (unpaired) electrons. The minimum absolute atomic E-state index is 0.416. The summed E-state index contributed by atoms with van der Waals surface area (Å²) >= 11 is 0. The summed E-state index contributed by atoms with van der Waals surface area (Å²) < 4.78 is 79.6. The Kier molecular flexibility index (Phi) is 4.84. The average Bonchev–Trinajstić information content (AvgIpc) is 2.20. The minimum atomic E-state index is -5.52. The molecule has 0 aromatic heterocycles. The lowest BCUT2D eigenvalue weighted by Gasteiger charge is -2.27. The second-order valence-corrected chi connectivity index (χ2v) is 3.12. The third kappa shape index (κ3) is 2.97. The number of nitrogens with zero attached hydrogens (tertiary/aromatic N) is 1. The van der Waals surface area contributed by atoms with Crippen molar-refractivity contribution in [2.75, 3.05) is 7.11 Å². The van der Waals surface area contributed by atoms with Crippen molar-refractivity contribution < 1.29 is 31.1 Å². The Morgan fingerprint density at radius 2 is 1.78 bits per heavy atom. The summed E-state index contributed by atoms with van der Waals surface area (Å²) in [5, 5.41) is 14.9. The highest BCUT2D eigenvalue weighted by atomic mass is 19.4. The van der Waals surface area contributed by atoms with Crippen molar-refractivity contribution in [1.29, 1.82) is 10.7 Å². The molecule has 3 nitrogen and oxygen atoms in total. The summed E-state index contributed by atoms with van der Waals surface area (Å²) in [6.07, 6.45) is -12.4. The van der Waals surface area contributed by atoms with Crippen molar-refractivity contribution >= 4 is 5.87 Å². The van der Waals surface area contributed by atoms with Gasteiger partial charge in [-0.05, 0) is 5.87 Å². The van der Waals surface area contributed by atoms with Crippen LogP contribution in [0.1, 0.15) is 6.42 Å². The van der Waals surface area contributed by atoms with E-state index in [0.29, 0.717) is 18.5 Å². The first-order valence-electron chi connectivity index (χ1n) is 4.26. The molecule has 0 fully saturated rings. The number of hydrogen-bond acceptors (Lipinski definition) is 3. The predicted octanol–water partition coefficient (Wildman–Crippen LogP) is 2.99. The number of methoxy groups -OCH3 is 1. The Morgan fingerprint density at radius 1 is 1.28 bits per heavy atom. The van der Waals surface area contributed by atoms with E-state index in [0.717, 1.165) is 7.11 Å². The lowest BCUT2D eigenvalue weighted by atomic mass is 9.78. The third-order valence-corrected chi connectivity index (χ3v) is 2.07. The molecule has 0 heterocycles. The van der Waals surface area contributed by atoms with Gasteiger partial charge in [-0.1, -0.05) is 0 Å². The van der Waals surface area contributed by atoms with Gasteiger partial charge in [-0.3, -0.25) is 5.41 Å². The fourth-order valence-corrected chi connectivity index (χ4v) is 1.15. The maximum Gasteiger partial charge on any atom is 0.423 e. The van der Waals surface area contributed by atoms with Crippen LogP contribution in [0.5, 0.6) is 0 Å². The molecule has 0 unspecified atom stereocenters. The van der Waals surface area contributed by atoms with E-state index in [2.05, 4.69) is 4.74 Å². The van der Waals surface area contributed by atoms with E-state index in [4.69, 9.17) is 10.7 Å². The van der Waals surface area contributed by atoms with Crippen LogP contribution in [0, 0.1) is 28.8 Å². The molecule has 18 heavy (non-hydrogen) atoms. The van der Waals surface area contributed by atoms with Crippen molar-refractivity contribution in [3.05, 3.63) is 12.2 Å². The van der Waals surface area contributed by atoms with Gasteiger partial charge in [0.25, 0.3) is 0 Å². The van der Waals surface area contributed by atoms with Gasteiger partial charge in [-0.25, -0.2) is 0 Å². The van der Waals surface area contributed by atoms with E-state index in [1.54, 1.807) is 0 Å². The van der Waals surface area contributed by atoms with Crippen LogP contribution in [0.3, 0.4) is 0 Å². The monoisotopic (exact) mass is 273 g/mol. The predicted molar refractivity (Wildman–Crippen MR) is 47.3 cm³/mol. The topological polar surface area (TPSA) is 56.9 Å². The smallest absolute Gasteiger partial charge is 0.258 e. The Morgan fingerprint density at radius 3 is 2.00 bits per heavy atom. The summed E-state index contributed by atoms with van der Waals surface area (Å²) in [6.45, 7) is 0.416. The van der Waals surface area contributed by atoms with Gasteiger partial charge in [0.1, 0.15) is 5.57 Å². The summed E-state index contributed by atoms with van der Waals surface area (Å²) in [5.74, 6) is 0.673. The van der Waals surface area contributed by atoms with E-state index in [-0.39, 0.29) is 0 Å². The largest absolute Gasteiger partial charge is 0.423 e. The van der Waals surface area contributed by atoms with Crippen LogP contribution < -0.4 is 0 Å². The van der Waals surface area contributed by atoms with Gasteiger partial charge in [-0.15, -0.1) is 0 Å².